The minimum Gasteiger partial charge on any atom is -0.351 e. The molecule has 0 amide bonds. The second-order valence-corrected chi connectivity index (χ2v) is 9.19. The van der Waals surface area contributed by atoms with Gasteiger partial charge in [-0.15, -0.1) is 0 Å². The molecule has 1 saturated carbocycles. The fourth-order valence-electron chi connectivity index (χ4n) is 3.87. The van der Waals surface area contributed by atoms with E-state index >= 15 is 0 Å². The first kappa shape index (κ1) is 20.8. The Morgan fingerprint density at radius 3 is 2.70 bits per heavy atom. The van der Waals surface area contributed by atoms with E-state index in [1.165, 1.54) is 24.3 Å². The number of hydrogen-bond acceptors (Lipinski definition) is 7. The van der Waals surface area contributed by atoms with Gasteiger partial charge in [-0.1, -0.05) is 12.1 Å². The summed E-state index contributed by atoms with van der Waals surface area (Å²) in [5, 5.41) is 14.1. The highest BCUT2D eigenvalue weighted by Crippen LogP contribution is 2.52. The number of piperidine rings is 1. The van der Waals surface area contributed by atoms with Gasteiger partial charge in [0.2, 0.25) is 16.0 Å². The van der Waals surface area contributed by atoms with Crippen LogP contribution in [0.3, 0.4) is 0 Å². The lowest BCUT2D eigenvalue weighted by molar-refractivity contribution is -0.137. The lowest BCUT2D eigenvalue weighted by Gasteiger charge is -2.23. The zero-order valence-corrected chi connectivity index (χ0v) is 16.6. The molecule has 2 aromatic rings. The topological polar surface area (TPSA) is 122 Å². The van der Waals surface area contributed by atoms with E-state index in [0.717, 1.165) is 32.4 Å². The molecule has 2 aliphatic rings. The summed E-state index contributed by atoms with van der Waals surface area (Å²) >= 11 is 0. The Balaban J connectivity index is 1.64. The molecule has 2 heterocycles. The summed E-state index contributed by atoms with van der Waals surface area (Å²) in [6.07, 6.45) is -1.08. The smallest absolute Gasteiger partial charge is 0.351 e. The number of nitrogens with zero attached hydrogens (tertiary/aromatic N) is 2. The molecular formula is C18H21F3N6O2S. The molecule has 8 nitrogen and oxygen atoms in total. The summed E-state index contributed by atoms with van der Waals surface area (Å²) in [5.74, 6) is -0.501. The summed E-state index contributed by atoms with van der Waals surface area (Å²) in [6.45, 7) is 1.81. The number of para-hydroxylation sites is 1. The van der Waals surface area contributed by atoms with E-state index in [2.05, 4.69) is 25.9 Å². The molecule has 162 valence electrons. The van der Waals surface area contributed by atoms with Gasteiger partial charge in [-0.3, -0.25) is 0 Å². The van der Waals surface area contributed by atoms with Crippen molar-refractivity contribution in [1.29, 1.82) is 0 Å². The van der Waals surface area contributed by atoms with Gasteiger partial charge in [-0.05, 0) is 37.9 Å². The van der Waals surface area contributed by atoms with Gasteiger partial charge in [0.15, 0.2) is 0 Å². The van der Waals surface area contributed by atoms with Crippen molar-refractivity contribution in [2.45, 2.75) is 36.4 Å². The van der Waals surface area contributed by atoms with E-state index in [-0.39, 0.29) is 28.0 Å². The molecule has 2 fully saturated rings. The molecule has 1 aliphatic heterocycles. The first-order chi connectivity index (χ1) is 14.1. The van der Waals surface area contributed by atoms with Crippen LogP contribution in [0, 0.1) is 5.41 Å². The van der Waals surface area contributed by atoms with Crippen molar-refractivity contribution in [3.05, 3.63) is 36.0 Å². The molecule has 12 heteroatoms. The van der Waals surface area contributed by atoms with Crippen molar-refractivity contribution in [2.75, 3.05) is 23.7 Å². The van der Waals surface area contributed by atoms with Crippen LogP contribution in [0.2, 0.25) is 0 Å². The molecule has 30 heavy (non-hydrogen) atoms. The third kappa shape index (κ3) is 4.20. The number of halogens is 3. The van der Waals surface area contributed by atoms with E-state index in [0.29, 0.717) is 6.20 Å². The van der Waals surface area contributed by atoms with Crippen molar-refractivity contribution in [1.82, 2.24) is 15.3 Å². The van der Waals surface area contributed by atoms with Gasteiger partial charge in [0.1, 0.15) is 16.3 Å². The zero-order chi connectivity index (χ0) is 21.6. The van der Waals surface area contributed by atoms with Gasteiger partial charge < -0.3 is 16.0 Å². The van der Waals surface area contributed by atoms with Crippen LogP contribution >= 0.6 is 0 Å². The molecule has 1 unspecified atom stereocenters. The first-order valence-electron chi connectivity index (χ1n) is 9.39. The number of alkyl halides is 3. The summed E-state index contributed by atoms with van der Waals surface area (Å²) < 4.78 is 64.0. The van der Waals surface area contributed by atoms with Crippen LogP contribution in [0.1, 0.15) is 24.8 Å². The lowest BCUT2D eigenvalue weighted by Crippen LogP contribution is -2.34. The summed E-state index contributed by atoms with van der Waals surface area (Å²) in [7, 11) is -4.15. The van der Waals surface area contributed by atoms with Gasteiger partial charge in [-0.25, -0.2) is 18.5 Å². The van der Waals surface area contributed by atoms with E-state index in [4.69, 9.17) is 5.14 Å². The monoisotopic (exact) mass is 442 g/mol. The number of sulfonamides is 1. The molecule has 2 atom stereocenters. The molecule has 5 N–H and O–H groups in total. The number of rotatable bonds is 5. The van der Waals surface area contributed by atoms with Crippen molar-refractivity contribution in [2.24, 2.45) is 10.6 Å². The Labute approximate surface area is 171 Å². The van der Waals surface area contributed by atoms with Crippen LogP contribution in [0.5, 0.6) is 0 Å². The van der Waals surface area contributed by atoms with Crippen molar-refractivity contribution in [3.63, 3.8) is 0 Å². The van der Waals surface area contributed by atoms with Crippen LogP contribution in [0.15, 0.2) is 35.4 Å². The van der Waals surface area contributed by atoms with Crippen LogP contribution in [-0.2, 0) is 16.2 Å². The van der Waals surface area contributed by atoms with Gasteiger partial charge >= 0.3 is 6.18 Å². The van der Waals surface area contributed by atoms with E-state index in [1.807, 2.05) is 0 Å². The molecule has 1 aromatic carbocycles. The third-order valence-corrected chi connectivity index (χ3v) is 6.51. The van der Waals surface area contributed by atoms with Gasteiger partial charge in [0, 0.05) is 24.2 Å². The largest absolute Gasteiger partial charge is 0.421 e. The number of nitrogens with two attached hydrogens (primary N) is 1. The minimum atomic E-state index is -4.73. The highest BCUT2D eigenvalue weighted by molar-refractivity contribution is 7.89. The van der Waals surface area contributed by atoms with Crippen LogP contribution in [0.25, 0.3) is 0 Å². The molecule has 0 radical (unpaired) electrons. The molecule has 1 spiro atoms. The van der Waals surface area contributed by atoms with Crippen LogP contribution in [-0.4, -0.2) is 37.5 Å². The van der Waals surface area contributed by atoms with Crippen molar-refractivity contribution < 1.29 is 21.6 Å². The maximum Gasteiger partial charge on any atom is 0.421 e. The van der Waals surface area contributed by atoms with Gasteiger partial charge in [0.25, 0.3) is 0 Å². The van der Waals surface area contributed by atoms with E-state index < -0.39 is 27.6 Å². The Hall–Kier alpha value is -2.44. The standard InChI is InChI=1S/C18H21F3N6O2S/c19-18(20,21)11-9-24-16(26-14-8-17(14)6-3-7-23-10-17)27-15(11)25-12-4-1-2-5-13(12)30(22,28)29/h1-2,4-5,9,14,23H,3,6-8,10H2,(H2,22,28,29)(H2,24,25,26,27)/t14-,17?/m0/s1. The fourth-order valence-corrected chi connectivity index (χ4v) is 4.56. The predicted octanol–water partition coefficient (Wildman–Crippen LogP) is 2.44. The Kier molecular flexibility index (Phi) is 5.11. The number of benzene rings is 1. The molecule has 1 saturated heterocycles. The Morgan fingerprint density at radius 1 is 1.27 bits per heavy atom. The summed E-state index contributed by atoms with van der Waals surface area (Å²) in [6, 6.07) is 5.50. The normalized spacial score (nSPS) is 23.9. The minimum absolute atomic E-state index is 0.0473. The molecule has 0 bridgehead atoms. The second-order valence-electron chi connectivity index (χ2n) is 7.66. The molecule has 1 aromatic heterocycles. The lowest BCUT2D eigenvalue weighted by atomic mass is 9.96. The van der Waals surface area contributed by atoms with Crippen molar-refractivity contribution in [3.8, 4) is 0 Å². The number of primary sulfonamides is 1. The zero-order valence-electron chi connectivity index (χ0n) is 15.8. The Morgan fingerprint density at radius 2 is 2.03 bits per heavy atom. The highest BCUT2D eigenvalue weighted by atomic mass is 32.2. The molecule has 1 aliphatic carbocycles. The molecular weight excluding hydrogens is 421 g/mol. The number of hydrogen-bond donors (Lipinski definition) is 4. The average Bonchev–Trinajstić information content (AvgIpc) is 3.31. The second kappa shape index (κ2) is 7.36. The predicted molar refractivity (Wildman–Crippen MR) is 105 cm³/mol. The maximum absolute atomic E-state index is 13.5. The number of aromatic nitrogens is 2. The SMILES string of the molecule is NS(=O)(=O)c1ccccc1Nc1nc(N[C@H]2CC23CCCNC3)ncc1C(F)(F)F. The van der Waals surface area contributed by atoms with Crippen molar-refractivity contribution >= 4 is 27.5 Å². The summed E-state index contributed by atoms with van der Waals surface area (Å²) in [4.78, 5) is 7.50. The van der Waals surface area contributed by atoms with Crippen LogP contribution < -0.4 is 21.1 Å². The quantitative estimate of drug-likeness (QED) is 0.561. The van der Waals surface area contributed by atoms with Crippen LogP contribution in [0.4, 0.5) is 30.6 Å². The third-order valence-electron chi connectivity index (χ3n) is 5.54. The maximum atomic E-state index is 13.5. The number of nitrogens with one attached hydrogen (secondary N) is 3. The van der Waals surface area contributed by atoms with E-state index in [1.54, 1.807) is 0 Å². The highest BCUT2D eigenvalue weighted by Gasteiger charge is 2.54. The van der Waals surface area contributed by atoms with Gasteiger partial charge in [0.05, 0.1) is 5.69 Å². The molecule has 4 rings (SSSR count). The number of anilines is 3. The van der Waals surface area contributed by atoms with E-state index in [9.17, 15) is 21.6 Å². The van der Waals surface area contributed by atoms with Gasteiger partial charge in [-0.2, -0.15) is 18.2 Å². The fraction of sp³-hybridized carbons (Fsp3) is 0.444. The first-order valence-corrected chi connectivity index (χ1v) is 10.9. The average molecular weight is 442 g/mol. The summed E-state index contributed by atoms with van der Waals surface area (Å²) in [5.41, 5.74) is -1.13. The Bertz CT molecular complexity index is 1050.